The van der Waals surface area contributed by atoms with Crippen molar-refractivity contribution < 1.29 is 0 Å². The highest BCUT2D eigenvalue weighted by Crippen LogP contribution is 2.12. The number of H-pyrrole nitrogens is 2. The van der Waals surface area contributed by atoms with E-state index in [9.17, 15) is 4.79 Å². The predicted octanol–water partition coefficient (Wildman–Crippen LogP) is -0.452. The van der Waals surface area contributed by atoms with Crippen LogP contribution in [0.15, 0.2) is 11.1 Å². The van der Waals surface area contributed by atoms with Crippen molar-refractivity contribution in [3.05, 3.63) is 27.5 Å². The summed E-state index contributed by atoms with van der Waals surface area (Å²) in [6, 6.07) is 0. The lowest BCUT2D eigenvalue weighted by Gasteiger charge is -2.02. The second kappa shape index (κ2) is 4.05. The second-order valence-corrected chi connectivity index (χ2v) is 2.95. The Bertz CT molecular complexity index is 492. The van der Waals surface area contributed by atoms with Crippen LogP contribution in [-0.4, -0.2) is 30.6 Å². The van der Waals surface area contributed by atoms with Crippen molar-refractivity contribution in [3.8, 4) is 0 Å². The molecule has 2 rings (SSSR count). The van der Waals surface area contributed by atoms with E-state index in [1.165, 1.54) is 6.33 Å². The van der Waals surface area contributed by atoms with Crippen molar-refractivity contribution in [3.63, 3.8) is 0 Å². The number of aromatic amines is 2. The van der Waals surface area contributed by atoms with Crippen LogP contribution in [0.4, 0.5) is 5.82 Å². The zero-order valence-corrected chi connectivity index (χ0v) is 8.12. The van der Waals surface area contributed by atoms with Gasteiger partial charge in [0.25, 0.3) is 5.56 Å². The number of tetrazole rings is 1. The van der Waals surface area contributed by atoms with E-state index < -0.39 is 5.56 Å². The first-order valence-corrected chi connectivity index (χ1v) is 4.34. The molecule has 0 bridgehead atoms. The fourth-order valence-electron chi connectivity index (χ4n) is 0.926. The van der Waals surface area contributed by atoms with Crippen LogP contribution >= 0.6 is 11.6 Å². The molecular weight excluding hydrogens is 222 g/mol. The van der Waals surface area contributed by atoms with Crippen molar-refractivity contribution in [2.24, 2.45) is 0 Å². The van der Waals surface area contributed by atoms with Gasteiger partial charge >= 0.3 is 0 Å². The molecule has 15 heavy (non-hydrogen) atoms. The highest BCUT2D eigenvalue weighted by molar-refractivity contribution is 6.32. The average Bonchev–Trinajstić information content (AvgIpc) is 2.73. The van der Waals surface area contributed by atoms with Crippen molar-refractivity contribution in [1.82, 2.24) is 30.6 Å². The van der Waals surface area contributed by atoms with Crippen molar-refractivity contribution in [2.45, 2.75) is 6.54 Å². The van der Waals surface area contributed by atoms with Gasteiger partial charge in [-0.05, 0) is 0 Å². The summed E-state index contributed by atoms with van der Waals surface area (Å²) in [5.74, 6) is 0.735. The largest absolute Gasteiger partial charge is 0.361 e. The SMILES string of the molecule is O=c1[nH]cnc(NCc2nn[nH]n2)c1Cl. The van der Waals surface area contributed by atoms with E-state index in [1.807, 2.05) is 0 Å². The summed E-state index contributed by atoms with van der Waals surface area (Å²) in [6.07, 6.45) is 1.26. The molecule has 9 heteroatoms. The first-order valence-electron chi connectivity index (χ1n) is 3.97. The van der Waals surface area contributed by atoms with Gasteiger partial charge in [-0.2, -0.15) is 5.21 Å². The fourth-order valence-corrected chi connectivity index (χ4v) is 1.10. The van der Waals surface area contributed by atoms with E-state index in [4.69, 9.17) is 11.6 Å². The highest BCUT2D eigenvalue weighted by Gasteiger charge is 2.06. The molecule has 0 atom stereocenters. The Hall–Kier alpha value is -1.96. The Morgan fingerprint density at radius 2 is 2.40 bits per heavy atom. The lowest BCUT2D eigenvalue weighted by molar-refractivity contribution is 0.881. The highest BCUT2D eigenvalue weighted by atomic mass is 35.5. The molecule has 0 saturated carbocycles. The topological polar surface area (TPSA) is 112 Å². The summed E-state index contributed by atoms with van der Waals surface area (Å²) in [6.45, 7) is 0.284. The molecule has 0 fully saturated rings. The van der Waals surface area contributed by atoms with Gasteiger partial charge in [0.15, 0.2) is 11.6 Å². The molecule has 0 amide bonds. The predicted molar refractivity (Wildman–Crippen MR) is 51.4 cm³/mol. The number of hydrogen-bond donors (Lipinski definition) is 3. The van der Waals surface area contributed by atoms with Gasteiger partial charge in [0.2, 0.25) is 0 Å². The van der Waals surface area contributed by atoms with Gasteiger partial charge in [-0.25, -0.2) is 4.98 Å². The van der Waals surface area contributed by atoms with Gasteiger partial charge in [-0.3, -0.25) is 4.79 Å². The first-order chi connectivity index (χ1) is 7.27. The van der Waals surface area contributed by atoms with Crippen LogP contribution in [0, 0.1) is 0 Å². The van der Waals surface area contributed by atoms with Gasteiger partial charge in [-0.15, -0.1) is 10.2 Å². The van der Waals surface area contributed by atoms with Gasteiger partial charge in [0, 0.05) is 0 Å². The zero-order valence-electron chi connectivity index (χ0n) is 7.36. The van der Waals surface area contributed by atoms with Crippen molar-refractivity contribution in [2.75, 3.05) is 5.32 Å². The normalized spacial score (nSPS) is 10.2. The molecule has 0 saturated heterocycles. The molecule has 3 N–H and O–H groups in total. The molecule has 0 aliphatic rings. The minimum absolute atomic E-state index is 0.000921. The molecule has 0 spiro atoms. The van der Waals surface area contributed by atoms with Gasteiger partial charge in [-0.1, -0.05) is 16.8 Å². The van der Waals surface area contributed by atoms with Gasteiger partial charge in [0.1, 0.15) is 5.02 Å². The van der Waals surface area contributed by atoms with Crippen LogP contribution in [0.3, 0.4) is 0 Å². The Kier molecular flexibility index (Phi) is 2.59. The van der Waals surface area contributed by atoms with Crippen LogP contribution in [0.1, 0.15) is 5.82 Å². The summed E-state index contributed by atoms with van der Waals surface area (Å²) in [7, 11) is 0. The van der Waals surface area contributed by atoms with Gasteiger partial charge in [0.05, 0.1) is 12.9 Å². The average molecular weight is 228 g/mol. The summed E-state index contributed by atoms with van der Waals surface area (Å²) in [4.78, 5) is 17.3. The Balaban J connectivity index is 2.12. The number of hydrogen-bond acceptors (Lipinski definition) is 6. The molecule has 0 aliphatic heterocycles. The summed E-state index contributed by atoms with van der Waals surface area (Å²) < 4.78 is 0. The standard InChI is InChI=1S/C6H6ClN7O/c7-4-5(9-2-10-6(4)15)8-1-3-11-13-14-12-3/h2H,1H2,(H2,8,9,10,15)(H,11,12,13,14). The molecular formula is C6H6ClN7O. The third-order valence-corrected chi connectivity index (χ3v) is 1.95. The van der Waals surface area contributed by atoms with Crippen LogP contribution < -0.4 is 10.9 Å². The summed E-state index contributed by atoms with van der Waals surface area (Å²) in [5, 5.41) is 15.9. The molecule has 2 heterocycles. The molecule has 0 aliphatic carbocycles. The summed E-state index contributed by atoms with van der Waals surface area (Å²) in [5.41, 5.74) is -0.401. The number of nitrogens with zero attached hydrogens (tertiary/aromatic N) is 4. The zero-order chi connectivity index (χ0) is 10.7. The van der Waals surface area contributed by atoms with E-state index >= 15 is 0 Å². The van der Waals surface area contributed by atoms with E-state index in [0.29, 0.717) is 5.82 Å². The number of rotatable bonds is 3. The molecule has 0 aromatic carbocycles. The van der Waals surface area contributed by atoms with Crippen LogP contribution in [-0.2, 0) is 6.54 Å². The maximum atomic E-state index is 11.1. The van der Waals surface area contributed by atoms with Crippen LogP contribution in [0.2, 0.25) is 5.02 Å². The minimum Gasteiger partial charge on any atom is -0.361 e. The van der Waals surface area contributed by atoms with Crippen molar-refractivity contribution >= 4 is 17.4 Å². The molecule has 0 radical (unpaired) electrons. The van der Waals surface area contributed by atoms with E-state index in [1.54, 1.807) is 0 Å². The van der Waals surface area contributed by atoms with Crippen LogP contribution in [0.25, 0.3) is 0 Å². The maximum absolute atomic E-state index is 11.1. The lowest BCUT2D eigenvalue weighted by Crippen LogP contribution is -2.12. The Labute approximate surface area is 88.1 Å². The van der Waals surface area contributed by atoms with E-state index in [2.05, 4.69) is 35.9 Å². The van der Waals surface area contributed by atoms with Crippen molar-refractivity contribution in [1.29, 1.82) is 0 Å². The Morgan fingerprint density at radius 1 is 1.53 bits per heavy atom. The first kappa shape index (κ1) is 9.59. The molecule has 8 nitrogen and oxygen atoms in total. The quantitative estimate of drug-likeness (QED) is 0.655. The monoisotopic (exact) mass is 227 g/mol. The van der Waals surface area contributed by atoms with E-state index in [-0.39, 0.29) is 17.4 Å². The maximum Gasteiger partial charge on any atom is 0.271 e. The third kappa shape index (κ3) is 2.10. The smallest absolute Gasteiger partial charge is 0.271 e. The fraction of sp³-hybridized carbons (Fsp3) is 0.167. The number of aromatic nitrogens is 6. The summed E-state index contributed by atoms with van der Waals surface area (Å²) >= 11 is 5.70. The lowest BCUT2D eigenvalue weighted by atomic mass is 10.5. The van der Waals surface area contributed by atoms with E-state index in [0.717, 1.165) is 0 Å². The number of halogens is 1. The van der Waals surface area contributed by atoms with Gasteiger partial charge < -0.3 is 10.3 Å². The molecule has 2 aromatic heterocycles. The molecule has 0 unspecified atom stereocenters. The Morgan fingerprint density at radius 3 is 3.13 bits per heavy atom. The third-order valence-electron chi connectivity index (χ3n) is 1.60. The minimum atomic E-state index is -0.401. The molecule has 78 valence electrons. The number of nitrogens with one attached hydrogen (secondary N) is 3. The second-order valence-electron chi connectivity index (χ2n) is 2.58. The number of anilines is 1. The van der Waals surface area contributed by atoms with Crippen LogP contribution in [0.5, 0.6) is 0 Å². The molecule has 2 aromatic rings.